The summed E-state index contributed by atoms with van der Waals surface area (Å²) in [6, 6.07) is 16.8. The Bertz CT molecular complexity index is 1130. The zero-order valence-electron chi connectivity index (χ0n) is 16.1. The number of allylic oxidation sites excluding steroid dienone is 1. The molecule has 0 bridgehead atoms. The summed E-state index contributed by atoms with van der Waals surface area (Å²) in [5.41, 5.74) is 1.43. The predicted molar refractivity (Wildman–Crippen MR) is 108 cm³/mol. The highest BCUT2D eigenvalue weighted by molar-refractivity contribution is 6.14. The molecule has 0 fully saturated rings. The molecule has 0 saturated heterocycles. The summed E-state index contributed by atoms with van der Waals surface area (Å²) in [7, 11) is 0. The summed E-state index contributed by atoms with van der Waals surface area (Å²) in [6.45, 7) is 2.40. The van der Waals surface area contributed by atoms with Gasteiger partial charge in [-0.05, 0) is 67.1 Å². The van der Waals surface area contributed by atoms with Crippen LogP contribution in [0.25, 0.3) is 6.08 Å². The minimum absolute atomic E-state index is 0.203. The van der Waals surface area contributed by atoms with Crippen LogP contribution in [0.1, 0.15) is 33.2 Å². The Labute approximate surface area is 172 Å². The molecule has 0 aliphatic carbocycles. The van der Waals surface area contributed by atoms with Gasteiger partial charge in [0, 0.05) is 6.07 Å². The van der Waals surface area contributed by atoms with Crippen molar-refractivity contribution >= 4 is 17.8 Å². The molecule has 0 saturated carbocycles. The van der Waals surface area contributed by atoms with Gasteiger partial charge in [0.1, 0.15) is 23.1 Å². The number of halogens is 1. The maximum atomic E-state index is 13.0. The van der Waals surface area contributed by atoms with Crippen LogP contribution in [0.2, 0.25) is 0 Å². The Morgan fingerprint density at radius 2 is 1.70 bits per heavy atom. The quantitative estimate of drug-likeness (QED) is 0.338. The van der Waals surface area contributed by atoms with E-state index in [-0.39, 0.29) is 17.1 Å². The largest absolute Gasteiger partial charge is 0.494 e. The number of esters is 1. The topological polar surface area (TPSA) is 61.8 Å². The monoisotopic (exact) mass is 404 g/mol. The first-order chi connectivity index (χ1) is 14.5. The van der Waals surface area contributed by atoms with Crippen molar-refractivity contribution in [3.05, 3.63) is 95.0 Å². The molecular formula is C24H17FO5. The van der Waals surface area contributed by atoms with Crippen molar-refractivity contribution in [2.24, 2.45) is 0 Å². The van der Waals surface area contributed by atoms with E-state index in [1.807, 2.05) is 6.92 Å². The van der Waals surface area contributed by atoms with Gasteiger partial charge in [0.15, 0.2) is 5.76 Å². The molecule has 3 aromatic carbocycles. The maximum absolute atomic E-state index is 13.0. The van der Waals surface area contributed by atoms with Crippen molar-refractivity contribution < 1.29 is 28.2 Å². The van der Waals surface area contributed by atoms with Crippen LogP contribution in [-0.2, 0) is 0 Å². The number of carbonyl (C=O) groups excluding carboxylic acids is 2. The van der Waals surface area contributed by atoms with E-state index in [1.54, 1.807) is 48.5 Å². The molecule has 3 aromatic rings. The molecule has 30 heavy (non-hydrogen) atoms. The van der Waals surface area contributed by atoms with Crippen LogP contribution >= 0.6 is 0 Å². The second-order valence-corrected chi connectivity index (χ2v) is 6.50. The summed E-state index contributed by atoms with van der Waals surface area (Å²) in [4.78, 5) is 24.6. The van der Waals surface area contributed by atoms with Gasteiger partial charge in [0.2, 0.25) is 5.78 Å². The normalized spacial score (nSPS) is 13.7. The SMILES string of the molecule is CCOc1ccc2c(c1)O/C(=C\c1ccc(OC(=O)c3ccc(F)cc3)cc1)C2=O. The third kappa shape index (κ3) is 4.07. The molecule has 0 unspecified atom stereocenters. The van der Waals surface area contributed by atoms with Crippen LogP contribution in [0.5, 0.6) is 17.2 Å². The van der Waals surface area contributed by atoms with Crippen molar-refractivity contribution in [1.82, 2.24) is 0 Å². The van der Waals surface area contributed by atoms with E-state index in [9.17, 15) is 14.0 Å². The summed E-state index contributed by atoms with van der Waals surface area (Å²) < 4.78 is 29.4. The van der Waals surface area contributed by atoms with Crippen LogP contribution in [0.4, 0.5) is 4.39 Å². The zero-order valence-corrected chi connectivity index (χ0v) is 16.1. The molecule has 1 aliphatic rings. The van der Waals surface area contributed by atoms with Crippen molar-refractivity contribution in [1.29, 1.82) is 0 Å². The van der Waals surface area contributed by atoms with Crippen LogP contribution in [0.3, 0.4) is 0 Å². The minimum Gasteiger partial charge on any atom is -0.494 e. The molecule has 4 rings (SSSR count). The van der Waals surface area contributed by atoms with E-state index in [2.05, 4.69) is 0 Å². The van der Waals surface area contributed by atoms with Crippen molar-refractivity contribution in [3.63, 3.8) is 0 Å². The van der Waals surface area contributed by atoms with Gasteiger partial charge in [-0.3, -0.25) is 4.79 Å². The van der Waals surface area contributed by atoms with Gasteiger partial charge in [0.25, 0.3) is 0 Å². The lowest BCUT2D eigenvalue weighted by Crippen LogP contribution is -2.08. The maximum Gasteiger partial charge on any atom is 0.343 e. The van der Waals surface area contributed by atoms with Crippen LogP contribution < -0.4 is 14.2 Å². The average molecular weight is 404 g/mol. The third-order valence-corrected chi connectivity index (χ3v) is 4.42. The van der Waals surface area contributed by atoms with Gasteiger partial charge in [-0.2, -0.15) is 0 Å². The minimum atomic E-state index is -0.587. The number of hydrogen-bond donors (Lipinski definition) is 0. The number of hydrogen-bond acceptors (Lipinski definition) is 5. The smallest absolute Gasteiger partial charge is 0.343 e. The first-order valence-corrected chi connectivity index (χ1v) is 9.32. The summed E-state index contributed by atoms with van der Waals surface area (Å²) >= 11 is 0. The van der Waals surface area contributed by atoms with E-state index in [0.29, 0.717) is 35.0 Å². The molecule has 0 spiro atoms. The fraction of sp³-hybridized carbons (Fsp3) is 0.0833. The molecule has 0 amide bonds. The molecule has 1 heterocycles. The lowest BCUT2D eigenvalue weighted by Gasteiger charge is -2.05. The molecule has 1 aliphatic heterocycles. The van der Waals surface area contributed by atoms with E-state index < -0.39 is 11.8 Å². The van der Waals surface area contributed by atoms with Gasteiger partial charge in [0.05, 0.1) is 17.7 Å². The first kappa shape index (κ1) is 19.4. The zero-order chi connectivity index (χ0) is 21.1. The fourth-order valence-electron chi connectivity index (χ4n) is 2.96. The van der Waals surface area contributed by atoms with E-state index in [0.717, 1.165) is 0 Å². The summed E-state index contributed by atoms with van der Waals surface area (Å²) in [6.07, 6.45) is 1.62. The number of carbonyl (C=O) groups is 2. The highest BCUT2D eigenvalue weighted by Crippen LogP contribution is 2.35. The number of fused-ring (bicyclic) bond motifs is 1. The molecule has 0 radical (unpaired) electrons. The van der Waals surface area contributed by atoms with Gasteiger partial charge >= 0.3 is 5.97 Å². The molecule has 5 nitrogen and oxygen atoms in total. The number of Topliss-reactive ketones (excluding diaryl/α,β-unsaturated/α-hetero) is 1. The van der Waals surface area contributed by atoms with Gasteiger partial charge in [-0.15, -0.1) is 0 Å². The van der Waals surface area contributed by atoms with E-state index in [1.165, 1.54) is 24.3 Å². The van der Waals surface area contributed by atoms with Crippen molar-refractivity contribution in [2.45, 2.75) is 6.92 Å². The second kappa shape index (κ2) is 8.21. The molecule has 0 aromatic heterocycles. The Kier molecular flexibility index (Phi) is 5.30. The third-order valence-electron chi connectivity index (χ3n) is 4.42. The summed E-state index contributed by atoms with van der Waals surface area (Å²) in [5, 5.41) is 0. The molecule has 0 N–H and O–H groups in total. The number of ether oxygens (including phenoxy) is 3. The first-order valence-electron chi connectivity index (χ1n) is 9.32. The Morgan fingerprint density at radius 1 is 1.00 bits per heavy atom. The Balaban J connectivity index is 1.46. The van der Waals surface area contributed by atoms with Crippen molar-refractivity contribution in [2.75, 3.05) is 6.61 Å². The van der Waals surface area contributed by atoms with Crippen LogP contribution in [-0.4, -0.2) is 18.4 Å². The molecule has 6 heteroatoms. The number of ketones is 1. The predicted octanol–water partition coefficient (Wildman–Crippen LogP) is 5.06. The second-order valence-electron chi connectivity index (χ2n) is 6.50. The Hall–Kier alpha value is -3.93. The number of benzene rings is 3. The highest BCUT2D eigenvalue weighted by atomic mass is 19.1. The van der Waals surface area contributed by atoms with Crippen molar-refractivity contribution in [3.8, 4) is 17.2 Å². The van der Waals surface area contributed by atoms with Gasteiger partial charge in [-0.25, -0.2) is 9.18 Å². The molecular weight excluding hydrogens is 387 g/mol. The lowest BCUT2D eigenvalue weighted by molar-refractivity contribution is 0.0734. The van der Waals surface area contributed by atoms with Crippen LogP contribution in [0, 0.1) is 5.82 Å². The van der Waals surface area contributed by atoms with E-state index in [4.69, 9.17) is 14.2 Å². The van der Waals surface area contributed by atoms with Gasteiger partial charge in [-0.1, -0.05) is 12.1 Å². The standard InChI is InChI=1S/C24H17FO5/c1-2-28-19-11-12-20-21(14-19)30-22(23(20)26)13-15-3-9-18(10-4-15)29-24(27)16-5-7-17(25)8-6-16/h3-14H,2H2,1H3/b22-13-. The average Bonchev–Trinajstić information content (AvgIpc) is 3.05. The van der Waals surface area contributed by atoms with Gasteiger partial charge < -0.3 is 14.2 Å². The highest BCUT2D eigenvalue weighted by Gasteiger charge is 2.27. The molecule has 150 valence electrons. The number of rotatable bonds is 5. The van der Waals surface area contributed by atoms with E-state index >= 15 is 0 Å². The fourth-order valence-corrected chi connectivity index (χ4v) is 2.96. The molecule has 0 atom stereocenters. The lowest BCUT2D eigenvalue weighted by atomic mass is 10.1. The Morgan fingerprint density at radius 3 is 2.40 bits per heavy atom. The summed E-state index contributed by atoms with van der Waals surface area (Å²) in [5.74, 6) is 0.406. The van der Waals surface area contributed by atoms with Crippen LogP contribution in [0.15, 0.2) is 72.5 Å².